The minimum absolute atomic E-state index is 0.00285. The molecule has 32 heavy (non-hydrogen) atoms. The number of aryl methyl sites for hydroxylation is 2. The number of halogens is 2. The Morgan fingerprint density at radius 3 is 2.06 bits per heavy atom. The van der Waals surface area contributed by atoms with Gasteiger partial charge in [0.2, 0.25) is 0 Å². The number of aromatic carboxylic acids is 2. The lowest BCUT2D eigenvalue weighted by Crippen LogP contribution is -2.19. The van der Waals surface area contributed by atoms with E-state index < -0.39 is 35.0 Å². The molecule has 0 saturated carbocycles. The maximum atomic E-state index is 13.7. The maximum absolute atomic E-state index is 13.7. The third-order valence-electron chi connectivity index (χ3n) is 4.66. The maximum Gasteiger partial charge on any atom is 0.341 e. The number of rotatable bonds is 6. The fourth-order valence-corrected chi connectivity index (χ4v) is 3.19. The highest BCUT2D eigenvalue weighted by Crippen LogP contribution is 2.22. The summed E-state index contributed by atoms with van der Waals surface area (Å²) >= 11 is 0. The van der Waals surface area contributed by atoms with Gasteiger partial charge in [-0.05, 0) is 56.3 Å². The number of carboxylic acids is 2. The predicted molar refractivity (Wildman–Crippen MR) is 111 cm³/mol. The van der Waals surface area contributed by atoms with Crippen molar-refractivity contribution in [2.24, 2.45) is 5.10 Å². The zero-order chi connectivity index (χ0) is 23.6. The van der Waals surface area contributed by atoms with E-state index in [0.29, 0.717) is 5.69 Å². The second-order valence-electron chi connectivity index (χ2n) is 6.85. The number of amides is 1. The molecule has 0 atom stereocenters. The number of hydrazone groups is 1. The summed E-state index contributed by atoms with van der Waals surface area (Å²) in [6, 6.07) is 9.16. The Labute approximate surface area is 180 Å². The van der Waals surface area contributed by atoms with Crippen LogP contribution in [0.1, 0.15) is 48.0 Å². The number of hydrogen-bond donors (Lipinski definition) is 3. The molecule has 0 aliphatic carbocycles. The van der Waals surface area contributed by atoms with Crippen LogP contribution in [0.4, 0.5) is 8.78 Å². The Bertz CT molecular complexity index is 1240. The van der Waals surface area contributed by atoms with Crippen molar-refractivity contribution < 1.29 is 33.4 Å². The molecule has 0 bridgehead atoms. The number of aromatic nitrogens is 1. The zero-order valence-electron chi connectivity index (χ0n) is 16.9. The fourth-order valence-electron chi connectivity index (χ4n) is 3.19. The van der Waals surface area contributed by atoms with Crippen molar-refractivity contribution in [3.63, 3.8) is 0 Å². The predicted octanol–water partition coefficient (Wildman–Crippen LogP) is 3.53. The third-order valence-corrected chi connectivity index (χ3v) is 4.66. The van der Waals surface area contributed by atoms with Crippen LogP contribution in [-0.4, -0.2) is 38.8 Å². The van der Waals surface area contributed by atoms with E-state index in [1.54, 1.807) is 18.4 Å². The van der Waals surface area contributed by atoms with E-state index in [4.69, 9.17) is 5.11 Å². The minimum Gasteiger partial charge on any atom is -0.478 e. The average molecular weight is 441 g/mol. The summed E-state index contributed by atoms with van der Waals surface area (Å²) in [6.45, 7) is 3.59. The molecule has 1 amide bonds. The molecule has 0 saturated heterocycles. The summed E-state index contributed by atoms with van der Waals surface area (Å²) in [5.74, 6) is -6.16. The highest BCUT2D eigenvalue weighted by Gasteiger charge is 2.18. The van der Waals surface area contributed by atoms with Crippen molar-refractivity contribution in [3.05, 3.63) is 87.7 Å². The normalized spacial score (nSPS) is 11.0. The van der Waals surface area contributed by atoms with Gasteiger partial charge in [0, 0.05) is 22.5 Å². The van der Waals surface area contributed by atoms with E-state index in [1.165, 1.54) is 18.2 Å². The summed E-state index contributed by atoms with van der Waals surface area (Å²) in [4.78, 5) is 34.9. The van der Waals surface area contributed by atoms with Crippen LogP contribution in [0.25, 0.3) is 5.69 Å². The lowest BCUT2D eigenvalue weighted by Gasteiger charge is -2.14. The van der Waals surface area contributed by atoms with Crippen molar-refractivity contribution >= 4 is 24.1 Å². The molecule has 0 unspecified atom stereocenters. The van der Waals surface area contributed by atoms with Crippen LogP contribution in [0.15, 0.2) is 47.6 Å². The van der Waals surface area contributed by atoms with Gasteiger partial charge in [-0.2, -0.15) is 5.10 Å². The first kappa shape index (κ1) is 22.3. The number of nitrogens with one attached hydrogen (secondary N) is 1. The van der Waals surface area contributed by atoms with Gasteiger partial charge in [-0.1, -0.05) is 0 Å². The van der Waals surface area contributed by atoms with Crippen LogP contribution in [0, 0.1) is 25.5 Å². The fraction of sp³-hybridized carbons (Fsp3) is 0.0909. The van der Waals surface area contributed by atoms with Crippen LogP contribution in [-0.2, 0) is 0 Å². The summed E-state index contributed by atoms with van der Waals surface area (Å²) in [6.07, 6.45) is 0.947. The van der Waals surface area contributed by atoms with Gasteiger partial charge in [0.25, 0.3) is 5.91 Å². The average Bonchev–Trinajstić information content (AvgIpc) is 3.04. The molecule has 0 spiro atoms. The number of carbonyl (C=O) groups excluding carboxylic acids is 1. The van der Waals surface area contributed by atoms with Crippen molar-refractivity contribution in [1.82, 2.24) is 9.99 Å². The summed E-state index contributed by atoms with van der Waals surface area (Å²) < 4.78 is 29.2. The van der Waals surface area contributed by atoms with Gasteiger partial charge in [-0.15, -0.1) is 0 Å². The first-order valence-electron chi connectivity index (χ1n) is 9.18. The summed E-state index contributed by atoms with van der Waals surface area (Å²) in [5.41, 5.74) is 2.93. The summed E-state index contributed by atoms with van der Waals surface area (Å²) in [7, 11) is 0. The van der Waals surface area contributed by atoms with Crippen molar-refractivity contribution in [3.8, 4) is 5.69 Å². The van der Waals surface area contributed by atoms with Gasteiger partial charge in [-0.25, -0.2) is 23.8 Å². The molecule has 2 aromatic carbocycles. The van der Waals surface area contributed by atoms with Crippen LogP contribution in [0.3, 0.4) is 0 Å². The van der Waals surface area contributed by atoms with Gasteiger partial charge in [-0.3, -0.25) is 4.79 Å². The third kappa shape index (κ3) is 4.38. The Morgan fingerprint density at radius 1 is 0.938 bits per heavy atom. The standard InChI is InChI=1S/C22H17F2N3O5/c1-11-3-4-12(2)27(11)18-9-14(5-6-15(18)21(29)30)20(28)26-25-10-13-7-16(23)19(22(31)32)17(24)8-13/h3-10H,1-2H3,(H,26,28)(H,29,30)(H,31,32)/b25-10+. The monoisotopic (exact) mass is 441 g/mol. The second kappa shape index (κ2) is 8.80. The quantitative estimate of drug-likeness (QED) is 0.399. The first-order chi connectivity index (χ1) is 15.1. The van der Waals surface area contributed by atoms with Gasteiger partial charge in [0.1, 0.15) is 17.2 Å². The number of carboxylic acid groups (broad SMARTS) is 2. The minimum atomic E-state index is -1.74. The molecule has 10 heteroatoms. The van der Waals surface area contributed by atoms with Crippen LogP contribution in [0.5, 0.6) is 0 Å². The first-order valence-corrected chi connectivity index (χ1v) is 9.18. The van der Waals surface area contributed by atoms with Gasteiger partial charge in [0.05, 0.1) is 17.5 Å². The van der Waals surface area contributed by atoms with Crippen LogP contribution >= 0.6 is 0 Å². The van der Waals surface area contributed by atoms with E-state index in [2.05, 4.69) is 10.5 Å². The molecule has 0 fully saturated rings. The highest BCUT2D eigenvalue weighted by molar-refractivity contribution is 5.99. The van der Waals surface area contributed by atoms with E-state index in [1.807, 2.05) is 12.1 Å². The molecular formula is C22H17F2N3O5. The highest BCUT2D eigenvalue weighted by atomic mass is 19.1. The van der Waals surface area contributed by atoms with Crippen molar-refractivity contribution in [2.75, 3.05) is 0 Å². The van der Waals surface area contributed by atoms with Crippen molar-refractivity contribution in [2.45, 2.75) is 13.8 Å². The van der Waals surface area contributed by atoms with Gasteiger partial charge >= 0.3 is 11.9 Å². The molecule has 0 aliphatic heterocycles. The number of hydrogen-bond acceptors (Lipinski definition) is 4. The molecule has 3 rings (SSSR count). The molecule has 3 N–H and O–H groups in total. The Hall–Kier alpha value is -4.34. The van der Waals surface area contributed by atoms with Crippen LogP contribution in [0.2, 0.25) is 0 Å². The van der Waals surface area contributed by atoms with Crippen LogP contribution < -0.4 is 5.43 Å². The summed E-state index contributed by atoms with van der Waals surface area (Å²) in [5, 5.41) is 21.9. The molecule has 1 heterocycles. The van der Waals surface area contributed by atoms with Gasteiger partial charge in [0.15, 0.2) is 0 Å². The lowest BCUT2D eigenvalue weighted by molar-refractivity contribution is 0.0679. The molecule has 164 valence electrons. The van der Waals surface area contributed by atoms with Gasteiger partial charge < -0.3 is 14.8 Å². The molecule has 0 aliphatic rings. The number of nitrogens with zero attached hydrogens (tertiary/aromatic N) is 2. The molecule has 3 aromatic rings. The SMILES string of the molecule is Cc1ccc(C)n1-c1cc(C(=O)N/N=C/c2cc(F)c(C(=O)O)c(F)c2)ccc1C(=O)O. The largest absolute Gasteiger partial charge is 0.478 e. The molecule has 8 nitrogen and oxygen atoms in total. The molecule has 0 radical (unpaired) electrons. The van der Waals surface area contributed by atoms with E-state index >= 15 is 0 Å². The van der Waals surface area contributed by atoms with E-state index in [0.717, 1.165) is 29.7 Å². The zero-order valence-corrected chi connectivity index (χ0v) is 16.9. The topological polar surface area (TPSA) is 121 Å². The van der Waals surface area contributed by atoms with E-state index in [-0.39, 0.29) is 16.7 Å². The number of carbonyl (C=O) groups is 3. The lowest BCUT2D eigenvalue weighted by atomic mass is 10.1. The Balaban J connectivity index is 1.87. The smallest absolute Gasteiger partial charge is 0.341 e. The Morgan fingerprint density at radius 2 is 1.53 bits per heavy atom. The molecule has 1 aromatic heterocycles. The second-order valence-corrected chi connectivity index (χ2v) is 6.85. The van der Waals surface area contributed by atoms with Crippen molar-refractivity contribution in [1.29, 1.82) is 0 Å². The van der Waals surface area contributed by atoms with E-state index in [9.17, 15) is 28.3 Å². The molecular weight excluding hydrogens is 424 g/mol. The Kier molecular flexibility index (Phi) is 6.15. The number of benzene rings is 2.